The predicted molar refractivity (Wildman–Crippen MR) is 113 cm³/mol. The molecule has 1 aliphatic heterocycles. The van der Waals surface area contributed by atoms with Gasteiger partial charge in [-0.15, -0.1) is 0 Å². The lowest BCUT2D eigenvalue weighted by Gasteiger charge is -2.39. The summed E-state index contributed by atoms with van der Waals surface area (Å²) >= 11 is 12.3. The van der Waals surface area contributed by atoms with Gasteiger partial charge >= 0.3 is 6.09 Å². The zero-order valence-electron chi connectivity index (χ0n) is 17.3. The minimum absolute atomic E-state index is 0.0401. The Bertz CT molecular complexity index is 716. The summed E-state index contributed by atoms with van der Waals surface area (Å²) in [4.78, 5) is 29.4. The summed E-state index contributed by atoms with van der Waals surface area (Å²) in [5, 5.41) is 1.08. The van der Waals surface area contributed by atoms with Crippen LogP contribution >= 0.6 is 23.2 Å². The molecule has 2 amide bonds. The molecule has 7 heteroatoms. The Kier molecular flexibility index (Phi) is 7.63. The zero-order chi connectivity index (χ0) is 21.1. The van der Waals surface area contributed by atoms with Crippen LogP contribution in [0.1, 0.15) is 59.4 Å². The molecule has 0 radical (unpaired) electrons. The van der Waals surface area contributed by atoms with Gasteiger partial charge in [0.2, 0.25) is 5.91 Å². The summed E-state index contributed by atoms with van der Waals surface area (Å²) in [5.74, 6) is -0.0772. The lowest BCUT2D eigenvalue weighted by atomic mass is 10.0. The van der Waals surface area contributed by atoms with Crippen molar-refractivity contribution < 1.29 is 14.3 Å². The Labute approximate surface area is 177 Å². The third-order valence-electron chi connectivity index (χ3n) is 4.68. The van der Waals surface area contributed by atoms with Crippen LogP contribution in [0.4, 0.5) is 4.79 Å². The maximum atomic E-state index is 13.4. The van der Waals surface area contributed by atoms with Crippen LogP contribution in [0, 0.1) is 0 Å². The van der Waals surface area contributed by atoms with Gasteiger partial charge in [0, 0.05) is 29.2 Å². The summed E-state index contributed by atoms with van der Waals surface area (Å²) < 4.78 is 5.53. The molecule has 28 heavy (non-hydrogen) atoms. The van der Waals surface area contributed by atoms with Gasteiger partial charge in [-0.05, 0) is 71.6 Å². The highest BCUT2D eigenvalue weighted by Crippen LogP contribution is 2.26. The molecular formula is C21H30Cl2N2O3. The standard InChI is InChI=1S/C21H30Cl2N2O3/c1-14(2)25(13-15-9-10-16(22)12-17(15)23)19(26)18-8-6-7-11-24(18)20(27)28-21(3,4)5/h9-10,12,14,18H,6-8,11,13H2,1-5H3. The van der Waals surface area contributed by atoms with Crippen LogP contribution in [-0.4, -0.2) is 46.0 Å². The van der Waals surface area contributed by atoms with E-state index in [0.29, 0.717) is 29.6 Å². The van der Waals surface area contributed by atoms with Crippen LogP contribution in [0.15, 0.2) is 18.2 Å². The van der Waals surface area contributed by atoms with Crippen LogP contribution in [0.25, 0.3) is 0 Å². The van der Waals surface area contributed by atoms with E-state index in [4.69, 9.17) is 27.9 Å². The highest BCUT2D eigenvalue weighted by atomic mass is 35.5. The average molecular weight is 429 g/mol. The van der Waals surface area contributed by atoms with E-state index < -0.39 is 17.7 Å². The molecular weight excluding hydrogens is 399 g/mol. The number of halogens is 2. The molecule has 0 N–H and O–H groups in total. The normalized spacial score (nSPS) is 17.6. The topological polar surface area (TPSA) is 49.9 Å². The number of ether oxygens (including phenoxy) is 1. The summed E-state index contributed by atoms with van der Waals surface area (Å²) in [7, 11) is 0. The van der Waals surface area contributed by atoms with Gasteiger partial charge in [0.1, 0.15) is 11.6 Å². The maximum absolute atomic E-state index is 13.4. The van der Waals surface area contributed by atoms with E-state index in [1.165, 1.54) is 0 Å². The fourth-order valence-electron chi connectivity index (χ4n) is 3.27. The summed E-state index contributed by atoms with van der Waals surface area (Å²) in [6.07, 6.45) is 1.98. The minimum Gasteiger partial charge on any atom is -0.444 e. The van der Waals surface area contributed by atoms with Gasteiger partial charge in [-0.2, -0.15) is 0 Å². The van der Waals surface area contributed by atoms with E-state index in [-0.39, 0.29) is 11.9 Å². The Balaban J connectivity index is 2.22. The predicted octanol–water partition coefficient (Wildman–Crippen LogP) is 5.52. The van der Waals surface area contributed by atoms with Crippen molar-refractivity contribution in [3.05, 3.63) is 33.8 Å². The molecule has 1 aromatic carbocycles. The number of hydrogen-bond acceptors (Lipinski definition) is 3. The molecule has 1 unspecified atom stereocenters. The number of carbonyl (C=O) groups is 2. The van der Waals surface area contributed by atoms with E-state index in [2.05, 4.69) is 0 Å². The number of benzene rings is 1. The number of nitrogens with zero attached hydrogens (tertiary/aromatic N) is 2. The van der Waals surface area contributed by atoms with Crippen molar-refractivity contribution in [1.29, 1.82) is 0 Å². The summed E-state index contributed by atoms with van der Waals surface area (Å²) in [6, 6.07) is 4.72. The van der Waals surface area contributed by atoms with Crippen molar-refractivity contribution in [3.63, 3.8) is 0 Å². The van der Waals surface area contributed by atoms with Crippen molar-refractivity contribution >= 4 is 35.2 Å². The second-order valence-corrected chi connectivity index (χ2v) is 9.32. The van der Waals surface area contributed by atoms with Gasteiger partial charge < -0.3 is 9.64 Å². The van der Waals surface area contributed by atoms with Crippen molar-refractivity contribution in [1.82, 2.24) is 9.80 Å². The summed E-state index contributed by atoms with van der Waals surface area (Å²) in [6.45, 7) is 10.3. The van der Waals surface area contributed by atoms with E-state index in [9.17, 15) is 9.59 Å². The number of likely N-dealkylation sites (tertiary alicyclic amines) is 1. The van der Waals surface area contributed by atoms with Gasteiger partial charge in [-0.1, -0.05) is 29.3 Å². The average Bonchev–Trinajstić information content (AvgIpc) is 2.58. The SMILES string of the molecule is CC(C)N(Cc1ccc(Cl)cc1Cl)C(=O)C1CCCCN1C(=O)OC(C)(C)C. The number of amides is 2. The van der Waals surface area contributed by atoms with Crippen molar-refractivity contribution in [2.24, 2.45) is 0 Å². The molecule has 1 fully saturated rings. The molecule has 1 aromatic rings. The Morgan fingerprint density at radius 3 is 2.50 bits per heavy atom. The molecule has 0 bridgehead atoms. The van der Waals surface area contributed by atoms with Gasteiger partial charge in [-0.25, -0.2) is 4.79 Å². The monoisotopic (exact) mass is 428 g/mol. The third-order valence-corrected chi connectivity index (χ3v) is 5.27. The molecule has 1 heterocycles. The van der Waals surface area contributed by atoms with Crippen LogP contribution in [0.2, 0.25) is 10.0 Å². The van der Waals surface area contributed by atoms with Crippen LogP contribution in [0.3, 0.4) is 0 Å². The van der Waals surface area contributed by atoms with Gasteiger partial charge in [0.15, 0.2) is 0 Å². The smallest absolute Gasteiger partial charge is 0.410 e. The van der Waals surface area contributed by atoms with E-state index in [0.717, 1.165) is 18.4 Å². The number of piperidine rings is 1. The zero-order valence-corrected chi connectivity index (χ0v) is 18.8. The maximum Gasteiger partial charge on any atom is 0.410 e. The molecule has 1 atom stereocenters. The van der Waals surface area contributed by atoms with E-state index in [1.54, 1.807) is 21.9 Å². The Hall–Kier alpha value is -1.46. The van der Waals surface area contributed by atoms with Gasteiger partial charge in [-0.3, -0.25) is 9.69 Å². The van der Waals surface area contributed by atoms with Crippen LogP contribution in [0.5, 0.6) is 0 Å². The fraction of sp³-hybridized carbons (Fsp3) is 0.619. The van der Waals surface area contributed by atoms with Crippen molar-refractivity contribution in [3.8, 4) is 0 Å². The van der Waals surface area contributed by atoms with E-state index in [1.807, 2.05) is 40.7 Å². The van der Waals surface area contributed by atoms with Crippen LogP contribution < -0.4 is 0 Å². The highest BCUT2D eigenvalue weighted by Gasteiger charge is 2.37. The molecule has 5 nitrogen and oxygen atoms in total. The highest BCUT2D eigenvalue weighted by molar-refractivity contribution is 6.35. The minimum atomic E-state index is -0.601. The third kappa shape index (κ3) is 6.02. The first kappa shape index (κ1) is 22.8. The van der Waals surface area contributed by atoms with E-state index >= 15 is 0 Å². The molecule has 0 aromatic heterocycles. The van der Waals surface area contributed by atoms with Crippen molar-refractivity contribution in [2.75, 3.05) is 6.54 Å². The quantitative estimate of drug-likeness (QED) is 0.633. The lowest BCUT2D eigenvalue weighted by molar-refractivity contribution is -0.140. The van der Waals surface area contributed by atoms with Gasteiger partial charge in [0.05, 0.1) is 0 Å². The van der Waals surface area contributed by atoms with Crippen LogP contribution in [-0.2, 0) is 16.1 Å². The largest absolute Gasteiger partial charge is 0.444 e. The summed E-state index contributed by atoms with van der Waals surface area (Å²) in [5.41, 5.74) is 0.226. The number of hydrogen-bond donors (Lipinski definition) is 0. The first-order chi connectivity index (χ1) is 13.0. The number of carbonyl (C=O) groups excluding carboxylic acids is 2. The molecule has 1 saturated heterocycles. The molecule has 1 aliphatic rings. The first-order valence-electron chi connectivity index (χ1n) is 9.73. The molecule has 0 saturated carbocycles. The first-order valence-corrected chi connectivity index (χ1v) is 10.5. The lowest BCUT2D eigenvalue weighted by Crippen LogP contribution is -2.55. The Morgan fingerprint density at radius 2 is 1.93 bits per heavy atom. The number of rotatable bonds is 4. The molecule has 2 rings (SSSR count). The Morgan fingerprint density at radius 1 is 1.25 bits per heavy atom. The van der Waals surface area contributed by atoms with Crippen molar-refractivity contribution in [2.45, 2.75) is 78.1 Å². The van der Waals surface area contributed by atoms with Gasteiger partial charge in [0.25, 0.3) is 0 Å². The molecule has 156 valence electrons. The fourth-order valence-corrected chi connectivity index (χ4v) is 3.74. The second-order valence-electron chi connectivity index (χ2n) is 8.48. The molecule has 0 aliphatic carbocycles. The molecule has 0 spiro atoms. The second kappa shape index (κ2) is 9.36.